The van der Waals surface area contributed by atoms with Gasteiger partial charge in [0.05, 0.1) is 17.5 Å². The van der Waals surface area contributed by atoms with Crippen LogP contribution < -0.4 is 5.32 Å². The highest BCUT2D eigenvalue weighted by atomic mass is 32.1. The molecule has 92 valence electrons. The number of para-hydroxylation sites is 1. The quantitative estimate of drug-likeness (QED) is 0.714. The van der Waals surface area contributed by atoms with Crippen molar-refractivity contribution in [1.82, 2.24) is 10.3 Å². The van der Waals surface area contributed by atoms with Gasteiger partial charge in [0.15, 0.2) is 0 Å². The van der Waals surface area contributed by atoms with Crippen molar-refractivity contribution in [2.75, 3.05) is 6.54 Å². The van der Waals surface area contributed by atoms with E-state index in [2.05, 4.69) is 21.7 Å². The number of hydrogen-bond acceptors (Lipinski definition) is 4. The average molecular weight is 258 g/mol. The maximum absolute atomic E-state index is 5.50. The van der Waals surface area contributed by atoms with E-state index in [0.717, 1.165) is 30.8 Å². The standard InChI is InChI=1S/C14H14N2OS/c1-2-4-14-13(3-1)11(8-17-14)7-15-6-5-12-9-18-10-16-12/h1-4,8-10,15H,5-7H2. The van der Waals surface area contributed by atoms with Gasteiger partial charge >= 0.3 is 0 Å². The van der Waals surface area contributed by atoms with Crippen LogP contribution in [-0.4, -0.2) is 11.5 Å². The van der Waals surface area contributed by atoms with Crippen LogP contribution in [0.15, 0.2) is 45.8 Å². The van der Waals surface area contributed by atoms with Crippen molar-refractivity contribution >= 4 is 22.3 Å². The highest BCUT2D eigenvalue weighted by Gasteiger charge is 2.04. The first-order chi connectivity index (χ1) is 8.93. The zero-order valence-electron chi connectivity index (χ0n) is 9.93. The van der Waals surface area contributed by atoms with Crippen LogP contribution in [0.2, 0.25) is 0 Å². The van der Waals surface area contributed by atoms with Gasteiger partial charge in [-0.15, -0.1) is 11.3 Å². The molecule has 3 rings (SSSR count). The molecular weight excluding hydrogens is 244 g/mol. The molecule has 4 heteroatoms. The maximum Gasteiger partial charge on any atom is 0.134 e. The normalized spacial score (nSPS) is 11.1. The van der Waals surface area contributed by atoms with E-state index in [1.165, 1.54) is 10.9 Å². The van der Waals surface area contributed by atoms with E-state index in [-0.39, 0.29) is 0 Å². The van der Waals surface area contributed by atoms with E-state index in [1.54, 1.807) is 11.3 Å². The minimum Gasteiger partial charge on any atom is -0.464 e. The van der Waals surface area contributed by atoms with Gasteiger partial charge in [0.25, 0.3) is 0 Å². The number of rotatable bonds is 5. The lowest BCUT2D eigenvalue weighted by atomic mass is 10.2. The summed E-state index contributed by atoms with van der Waals surface area (Å²) in [4.78, 5) is 4.26. The summed E-state index contributed by atoms with van der Waals surface area (Å²) in [5.74, 6) is 0. The number of furan rings is 1. The second-order valence-electron chi connectivity index (χ2n) is 4.16. The lowest BCUT2D eigenvalue weighted by molar-refractivity contribution is 0.602. The van der Waals surface area contributed by atoms with Crippen molar-refractivity contribution in [3.05, 3.63) is 52.7 Å². The molecule has 0 bridgehead atoms. The number of nitrogens with zero attached hydrogens (tertiary/aromatic N) is 1. The summed E-state index contributed by atoms with van der Waals surface area (Å²) in [5.41, 5.74) is 5.20. The molecule has 0 saturated carbocycles. The monoisotopic (exact) mass is 258 g/mol. The summed E-state index contributed by atoms with van der Waals surface area (Å²) in [6.07, 6.45) is 2.81. The minimum atomic E-state index is 0.834. The molecule has 0 unspecified atom stereocenters. The fourth-order valence-electron chi connectivity index (χ4n) is 1.97. The number of benzene rings is 1. The molecule has 0 atom stereocenters. The van der Waals surface area contributed by atoms with Gasteiger partial charge in [0.1, 0.15) is 5.58 Å². The first-order valence-corrected chi connectivity index (χ1v) is 6.90. The smallest absolute Gasteiger partial charge is 0.134 e. The van der Waals surface area contributed by atoms with E-state index in [0.29, 0.717) is 0 Å². The molecule has 0 aliphatic rings. The number of nitrogens with one attached hydrogen (secondary N) is 1. The SMILES string of the molecule is c1ccc2c(CNCCc3cscn3)coc2c1. The van der Waals surface area contributed by atoms with Crippen molar-refractivity contribution in [3.8, 4) is 0 Å². The summed E-state index contributed by atoms with van der Waals surface area (Å²) < 4.78 is 5.50. The molecule has 0 radical (unpaired) electrons. The molecule has 0 amide bonds. The maximum atomic E-state index is 5.50. The first kappa shape index (κ1) is 11.4. The largest absolute Gasteiger partial charge is 0.464 e. The molecule has 2 heterocycles. The topological polar surface area (TPSA) is 38.1 Å². The predicted octanol–water partition coefficient (Wildman–Crippen LogP) is 3.22. The molecule has 0 fully saturated rings. The third kappa shape index (κ3) is 2.44. The third-order valence-electron chi connectivity index (χ3n) is 2.92. The predicted molar refractivity (Wildman–Crippen MR) is 73.7 cm³/mol. The molecule has 2 aromatic heterocycles. The lowest BCUT2D eigenvalue weighted by Crippen LogP contribution is -2.16. The molecule has 0 spiro atoms. The Labute approximate surface area is 109 Å². The van der Waals surface area contributed by atoms with Crippen molar-refractivity contribution in [1.29, 1.82) is 0 Å². The fourth-order valence-corrected chi connectivity index (χ4v) is 2.56. The summed E-state index contributed by atoms with van der Waals surface area (Å²) in [6, 6.07) is 8.12. The lowest BCUT2D eigenvalue weighted by Gasteiger charge is -2.01. The average Bonchev–Trinajstić information content (AvgIpc) is 3.04. The van der Waals surface area contributed by atoms with Crippen LogP contribution in [0.5, 0.6) is 0 Å². The van der Waals surface area contributed by atoms with Gasteiger partial charge in [0.2, 0.25) is 0 Å². The number of aromatic nitrogens is 1. The van der Waals surface area contributed by atoms with Gasteiger partial charge in [-0.2, -0.15) is 0 Å². The van der Waals surface area contributed by atoms with Crippen LogP contribution in [-0.2, 0) is 13.0 Å². The van der Waals surface area contributed by atoms with Crippen molar-refractivity contribution in [2.45, 2.75) is 13.0 Å². The van der Waals surface area contributed by atoms with Crippen molar-refractivity contribution in [3.63, 3.8) is 0 Å². The zero-order valence-corrected chi connectivity index (χ0v) is 10.7. The molecular formula is C14H14N2OS. The Hall–Kier alpha value is -1.65. The Kier molecular flexibility index (Phi) is 3.39. The number of hydrogen-bond donors (Lipinski definition) is 1. The van der Waals surface area contributed by atoms with Crippen LogP contribution in [0.25, 0.3) is 11.0 Å². The van der Waals surface area contributed by atoms with Crippen LogP contribution in [0, 0.1) is 0 Å². The highest BCUT2D eigenvalue weighted by molar-refractivity contribution is 7.07. The Bertz CT molecular complexity index is 616. The fraction of sp³-hybridized carbons (Fsp3) is 0.214. The van der Waals surface area contributed by atoms with E-state index < -0.39 is 0 Å². The molecule has 0 aliphatic heterocycles. The third-order valence-corrected chi connectivity index (χ3v) is 3.55. The van der Waals surface area contributed by atoms with Crippen LogP contribution in [0.1, 0.15) is 11.3 Å². The highest BCUT2D eigenvalue weighted by Crippen LogP contribution is 2.20. The summed E-state index contributed by atoms with van der Waals surface area (Å²) in [6.45, 7) is 1.77. The van der Waals surface area contributed by atoms with Gasteiger partial charge in [-0.3, -0.25) is 0 Å². The number of fused-ring (bicyclic) bond motifs is 1. The minimum absolute atomic E-state index is 0.834. The van der Waals surface area contributed by atoms with Gasteiger partial charge in [-0.25, -0.2) is 4.98 Å². The molecule has 1 aromatic carbocycles. The molecule has 3 aromatic rings. The molecule has 3 nitrogen and oxygen atoms in total. The molecule has 0 aliphatic carbocycles. The van der Waals surface area contributed by atoms with Crippen LogP contribution in [0.3, 0.4) is 0 Å². The summed E-state index contributed by atoms with van der Waals surface area (Å²) >= 11 is 1.64. The summed E-state index contributed by atoms with van der Waals surface area (Å²) in [7, 11) is 0. The second kappa shape index (κ2) is 5.33. The molecule has 1 N–H and O–H groups in total. The van der Waals surface area contributed by atoms with Crippen LogP contribution >= 0.6 is 11.3 Å². The Balaban J connectivity index is 1.57. The van der Waals surface area contributed by atoms with Gasteiger partial charge in [-0.05, 0) is 6.07 Å². The zero-order chi connectivity index (χ0) is 12.2. The van der Waals surface area contributed by atoms with Gasteiger partial charge in [0, 0.05) is 35.8 Å². The van der Waals surface area contributed by atoms with Crippen molar-refractivity contribution in [2.24, 2.45) is 0 Å². The van der Waals surface area contributed by atoms with E-state index in [4.69, 9.17) is 4.42 Å². The number of thiazole rings is 1. The van der Waals surface area contributed by atoms with E-state index in [1.807, 2.05) is 30.0 Å². The Morgan fingerprint density at radius 2 is 2.22 bits per heavy atom. The molecule has 0 saturated heterocycles. The second-order valence-corrected chi connectivity index (χ2v) is 4.88. The van der Waals surface area contributed by atoms with Crippen LogP contribution in [0.4, 0.5) is 0 Å². The Morgan fingerprint density at radius 3 is 3.11 bits per heavy atom. The Morgan fingerprint density at radius 1 is 1.28 bits per heavy atom. The van der Waals surface area contributed by atoms with Gasteiger partial charge < -0.3 is 9.73 Å². The first-order valence-electron chi connectivity index (χ1n) is 5.96. The van der Waals surface area contributed by atoms with E-state index in [9.17, 15) is 0 Å². The molecule has 18 heavy (non-hydrogen) atoms. The van der Waals surface area contributed by atoms with Crippen molar-refractivity contribution < 1.29 is 4.42 Å². The summed E-state index contributed by atoms with van der Waals surface area (Å²) in [5, 5.41) is 6.71. The van der Waals surface area contributed by atoms with Gasteiger partial charge in [-0.1, -0.05) is 18.2 Å². The van der Waals surface area contributed by atoms with E-state index >= 15 is 0 Å².